The van der Waals surface area contributed by atoms with Crippen LogP contribution in [0.2, 0.25) is 0 Å². The van der Waals surface area contributed by atoms with Crippen LogP contribution in [0.1, 0.15) is 12.7 Å². The van der Waals surface area contributed by atoms with Gasteiger partial charge in [-0.2, -0.15) is 5.10 Å². The second-order valence-corrected chi connectivity index (χ2v) is 7.37. The van der Waals surface area contributed by atoms with Gasteiger partial charge in [-0.05, 0) is 30.5 Å². The van der Waals surface area contributed by atoms with Gasteiger partial charge < -0.3 is 4.57 Å². The first-order chi connectivity index (χ1) is 13.8. The highest BCUT2D eigenvalue weighted by Gasteiger charge is 2.10. The van der Waals surface area contributed by atoms with Crippen LogP contribution in [-0.4, -0.2) is 29.3 Å². The van der Waals surface area contributed by atoms with Crippen molar-refractivity contribution in [2.45, 2.75) is 20.0 Å². The van der Waals surface area contributed by atoms with Crippen molar-refractivity contribution in [2.24, 2.45) is 0 Å². The Kier molecular flexibility index (Phi) is 4.21. The highest BCUT2D eigenvalue weighted by atomic mass is 32.1. The number of rotatable bonds is 5. The van der Waals surface area contributed by atoms with Crippen molar-refractivity contribution in [3.8, 4) is 22.5 Å². The minimum atomic E-state index is 0.655. The van der Waals surface area contributed by atoms with E-state index in [1.54, 1.807) is 17.7 Å². The van der Waals surface area contributed by atoms with Crippen molar-refractivity contribution >= 4 is 21.6 Å². The molecule has 0 saturated carbocycles. The van der Waals surface area contributed by atoms with Crippen molar-refractivity contribution < 1.29 is 0 Å². The molecular formula is C21H18N6S. The van der Waals surface area contributed by atoms with Crippen LogP contribution < -0.4 is 0 Å². The number of thiophene rings is 1. The highest BCUT2D eigenvalue weighted by Crippen LogP contribution is 2.30. The molecule has 5 rings (SSSR count). The van der Waals surface area contributed by atoms with Crippen LogP contribution >= 0.6 is 11.3 Å². The summed E-state index contributed by atoms with van der Waals surface area (Å²) in [6.07, 6.45) is 7.46. The van der Waals surface area contributed by atoms with Gasteiger partial charge in [0.15, 0.2) is 0 Å². The van der Waals surface area contributed by atoms with Gasteiger partial charge in [-0.15, -0.1) is 11.3 Å². The van der Waals surface area contributed by atoms with Gasteiger partial charge in [-0.1, -0.05) is 18.2 Å². The predicted molar refractivity (Wildman–Crippen MR) is 111 cm³/mol. The Bertz CT molecular complexity index is 1250. The number of hydrogen-bond acceptors (Lipinski definition) is 5. The van der Waals surface area contributed by atoms with Gasteiger partial charge in [0.2, 0.25) is 0 Å². The Labute approximate surface area is 166 Å². The third-order valence-electron chi connectivity index (χ3n) is 4.78. The van der Waals surface area contributed by atoms with Crippen molar-refractivity contribution in [3.63, 3.8) is 0 Å². The summed E-state index contributed by atoms with van der Waals surface area (Å²) in [4.78, 5) is 14.3. The van der Waals surface area contributed by atoms with Gasteiger partial charge in [-0.3, -0.25) is 4.68 Å². The van der Waals surface area contributed by atoms with E-state index in [1.165, 1.54) is 0 Å². The Morgan fingerprint density at radius 1 is 1.00 bits per heavy atom. The molecule has 6 nitrogen and oxygen atoms in total. The molecule has 7 heteroatoms. The van der Waals surface area contributed by atoms with E-state index in [4.69, 9.17) is 5.10 Å². The van der Waals surface area contributed by atoms with Gasteiger partial charge >= 0.3 is 0 Å². The second-order valence-electron chi connectivity index (χ2n) is 6.47. The molecule has 138 valence electrons. The summed E-state index contributed by atoms with van der Waals surface area (Å²) in [5.74, 6) is 1.01. The van der Waals surface area contributed by atoms with Crippen LogP contribution in [0.5, 0.6) is 0 Å². The SMILES string of the molecule is CCn1ccnc1Cn1ccc(-c2cccc(-c3ncnc4sccc34)c2)n1. The monoisotopic (exact) mass is 386 g/mol. The molecular weight excluding hydrogens is 368 g/mol. The highest BCUT2D eigenvalue weighted by molar-refractivity contribution is 7.16. The minimum absolute atomic E-state index is 0.655. The summed E-state index contributed by atoms with van der Waals surface area (Å²) >= 11 is 1.63. The van der Waals surface area contributed by atoms with Crippen LogP contribution in [0.3, 0.4) is 0 Å². The first-order valence-electron chi connectivity index (χ1n) is 9.14. The number of imidazole rings is 1. The van der Waals surface area contributed by atoms with Gasteiger partial charge in [0, 0.05) is 41.6 Å². The zero-order valence-electron chi connectivity index (χ0n) is 15.4. The molecule has 0 aliphatic carbocycles. The van der Waals surface area contributed by atoms with Crippen LogP contribution in [0.15, 0.2) is 66.7 Å². The van der Waals surface area contributed by atoms with Crippen LogP contribution in [0.25, 0.3) is 32.7 Å². The lowest BCUT2D eigenvalue weighted by molar-refractivity contribution is 0.608. The number of hydrogen-bond donors (Lipinski definition) is 0. The topological polar surface area (TPSA) is 61.4 Å². The maximum absolute atomic E-state index is 4.75. The molecule has 4 heterocycles. The van der Waals surface area contributed by atoms with Gasteiger partial charge in [-0.25, -0.2) is 15.0 Å². The Hall–Kier alpha value is -3.32. The Balaban J connectivity index is 1.47. The molecule has 0 aliphatic rings. The smallest absolute Gasteiger partial charge is 0.130 e. The largest absolute Gasteiger partial charge is 0.334 e. The third-order valence-corrected chi connectivity index (χ3v) is 5.60. The van der Waals surface area contributed by atoms with E-state index in [9.17, 15) is 0 Å². The summed E-state index contributed by atoms with van der Waals surface area (Å²) in [7, 11) is 0. The first-order valence-corrected chi connectivity index (χ1v) is 10.0. The Morgan fingerprint density at radius 2 is 1.93 bits per heavy atom. The van der Waals surface area contributed by atoms with Gasteiger partial charge in [0.25, 0.3) is 0 Å². The van der Waals surface area contributed by atoms with Crippen LogP contribution in [0.4, 0.5) is 0 Å². The molecule has 0 saturated heterocycles. The van der Waals surface area contributed by atoms with E-state index < -0.39 is 0 Å². The fourth-order valence-electron chi connectivity index (χ4n) is 3.37. The molecule has 0 spiro atoms. The van der Waals surface area contributed by atoms with E-state index in [0.717, 1.165) is 45.1 Å². The number of benzene rings is 1. The summed E-state index contributed by atoms with van der Waals surface area (Å²) < 4.78 is 4.06. The maximum atomic E-state index is 4.75. The summed E-state index contributed by atoms with van der Waals surface area (Å²) in [5, 5.41) is 7.89. The molecule has 0 fully saturated rings. The second kappa shape index (κ2) is 7.01. The lowest BCUT2D eigenvalue weighted by Crippen LogP contribution is -2.08. The Morgan fingerprint density at radius 3 is 2.86 bits per heavy atom. The molecule has 0 atom stereocenters. The molecule has 1 aromatic carbocycles. The van der Waals surface area contributed by atoms with Crippen molar-refractivity contribution in [1.29, 1.82) is 0 Å². The third kappa shape index (κ3) is 2.99. The molecule has 0 aliphatic heterocycles. The molecule has 28 heavy (non-hydrogen) atoms. The fraction of sp³-hybridized carbons (Fsp3) is 0.143. The molecule has 0 bridgehead atoms. The van der Waals surface area contributed by atoms with E-state index in [0.29, 0.717) is 6.54 Å². The zero-order valence-corrected chi connectivity index (χ0v) is 16.2. The summed E-state index contributed by atoms with van der Waals surface area (Å²) in [6.45, 7) is 3.67. The van der Waals surface area contributed by atoms with E-state index in [1.807, 2.05) is 35.4 Å². The summed E-state index contributed by atoms with van der Waals surface area (Å²) in [5.41, 5.74) is 4.03. The number of aryl methyl sites for hydroxylation is 1. The van der Waals surface area contributed by atoms with Crippen molar-refractivity contribution in [2.75, 3.05) is 0 Å². The molecule has 0 unspecified atom stereocenters. The summed E-state index contributed by atoms with van der Waals surface area (Å²) in [6, 6.07) is 12.5. The normalized spacial score (nSPS) is 11.3. The van der Waals surface area contributed by atoms with Gasteiger partial charge in [0.05, 0.1) is 17.9 Å². The number of nitrogens with zero attached hydrogens (tertiary/aromatic N) is 6. The van der Waals surface area contributed by atoms with E-state index >= 15 is 0 Å². The molecule has 4 aromatic heterocycles. The zero-order chi connectivity index (χ0) is 18.9. The van der Waals surface area contributed by atoms with Gasteiger partial charge in [0.1, 0.15) is 17.0 Å². The quantitative estimate of drug-likeness (QED) is 0.447. The number of fused-ring (bicyclic) bond motifs is 1. The van der Waals surface area contributed by atoms with E-state index in [2.05, 4.69) is 56.1 Å². The van der Waals surface area contributed by atoms with Crippen molar-refractivity contribution in [3.05, 3.63) is 72.5 Å². The van der Waals surface area contributed by atoms with Crippen LogP contribution in [0, 0.1) is 0 Å². The number of aromatic nitrogens is 6. The lowest BCUT2D eigenvalue weighted by Gasteiger charge is -2.06. The molecule has 0 N–H and O–H groups in total. The first kappa shape index (κ1) is 16.8. The fourth-order valence-corrected chi connectivity index (χ4v) is 4.11. The average Bonchev–Trinajstić information content (AvgIpc) is 3.48. The standard InChI is InChI=1S/C21H18N6S/c1-2-26-10-8-22-19(26)13-27-9-6-18(25-27)15-4-3-5-16(12-15)20-17-7-11-28-21(17)24-14-23-20/h3-12,14H,2,13H2,1H3. The average molecular weight is 386 g/mol. The minimum Gasteiger partial charge on any atom is -0.334 e. The molecule has 0 radical (unpaired) electrons. The van der Waals surface area contributed by atoms with E-state index in [-0.39, 0.29) is 0 Å². The molecule has 0 amide bonds. The predicted octanol–water partition coefficient (Wildman–Crippen LogP) is 4.49. The molecule has 5 aromatic rings. The van der Waals surface area contributed by atoms with Crippen molar-refractivity contribution in [1.82, 2.24) is 29.3 Å². The van der Waals surface area contributed by atoms with Crippen LogP contribution in [-0.2, 0) is 13.1 Å². The lowest BCUT2D eigenvalue weighted by atomic mass is 10.0. The maximum Gasteiger partial charge on any atom is 0.130 e.